The molecule has 1 aromatic rings. The standard InChI is InChI=1S/C10H15N3O.C2H6/c1-8-6-10(12-7-11-8)13-9-2-4-14-5-3-9;1-2/h6-7,9H,2-5H2,1H3,(H,11,12,13);1-2H3. The molecule has 90 valence electrons. The quantitative estimate of drug-likeness (QED) is 0.836. The van der Waals surface area contributed by atoms with Gasteiger partial charge in [0.05, 0.1) is 0 Å². The van der Waals surface area contributed by atoms with E-state index in [0.717, 1.165) is 37.6 Å². The first-order valence-electron chi connectivity index (χ1n) is 5.97. The Labute approximate surface area is 97.5 Å². The molecule has 1 saturated heterocycles. The van der Waals surface area contributed by atoms with Gasteiger partial charge in [0, 0.05) is 31.0 Å². The smallest absolute Gasteiger partial charge is 0.129 e. The Morgan fingerprint density at radius 1 is 1.25 bits per heavy atom. The van der Waals surface area contributed by atoms with Crippen molar-refractivity contribution in [2.75, 3.05) is 18.5 Å². The van der Waals surface area contributed by atoms with Crippen LogP contribution < -0.4 is 5.32 Å². The highest BCUT2D eigenvalue weighted by atomic mass is 16.5. The van der Waals surface area contributed by atoms with Gasteiger partial charge in [-0.2, -0.15) is 0 Å². The summed E-state index contributed by atoms with van der Waals surface area (Å²) in [4.78, 5) is 8.23. The summed E-state index contributed by atoms with van der Waals surface area (Å²) in [6, 6.07) is 2.47. The fourth-order valence-corrected chi connectivity index (χ4v) is 1.58. The van der Waals surface area contributed by atoms with Gasteiger partial charge in [0.15, 0.2) is 0 Å². The second-order valence-corrected chi connectivity index (χ2v) is 3.58. The lowest BCUT2D eigenvalue weighted by Crippen LogP contribution is -2.28. The van der Waals surface area contributed by atoms with Crippen molar-refractivity contribution in [1.29, 1.82) is 0 Å². The summed E-state index contributed by atoms with van der Waals surface area (Å²) in [7, 11) is 0. The molecule has 0 aromatic carbocycles. The summed E-state index contributed by atoms with van der Waals surface area (Å²) in [5.74, 6) is 0.921. The topological polar surface area (TPSA) is 47.0 Å². The number of aromatic nitrogens is 2. The zero-order valence-electron chi connectivity index (χ0n) is 10.4. The van der Waals surface area contributed by atoms with E-state index in [1.165, 1.54) is 0 Å². The molecule has 1 aliphatic heterocycles. The third-order valence-corrected chi connectivity index (χ3v) is 2.38. The van der Waals surface area contributed by atoms with Gasteiger partial charge < -0.3 is 10.1 Å². The number of ether oxygens (including phenoxy) is 1. The van der Waals surface area contributed by atoms with Gasteiger partial charge in [-0.1, -0.05) is 13.8 Å². The van der Waals surface area contributed by atoms with Crippen molar-refractivity contribution in [1.82, 2.24) is 9.97 Å². The number of aryl methyl sites for hydroxylation is 1. The highest BCUT2D eigenvalue weighted by Gasteiger charge is 2.13. The lowest BCUT2D eigenvalue weighted by molar-refractivity contribution is 0.0904. The van der Waals surface area contributed by atoms with Gasteiger partial charge in [-0.15, -0.1) is 0 Å². The molecule has 2 rings (SSSR count). The molecular formula is C12H21N3O. The Balaban J connectivity index is 0.000000606. The minimum absolute atomic E-state index is 0.498. The molecule has 2 heterocycles. The van der Waals surface area contributed by atoms with E-state index < -0.39 is 0 Å². The number of nitrogens with one attached hydrogen (secondary N) is 1. The van der Waals surface area contributed by atoms with Crippen molar-refractivity contribution in [3.63, 3.8) is 0 Å². The summed E-state index contributed by atoms with van der Waals surface area (Å²) in [6.07, 6.45) is 3.71. The van der Waals surface area contributed by atoms with Gasteiger partial charge in [-0.3, -0.25) is 0 Å². The van der Waals surface area contributed by atoms with Crippen LogP contribution in [0.2, 0.25) is 0 Å². The van der Waals surface area contributed by atoms with Gasteiger partial charge in [-0.25, -0.2) is 9.97 Å². The Morgan fingerprint density at radius 3 is 2.56 bits per heavy atom. The molecule has 1 aliphatic rings. The molecule has 1 fully saturated rings. The molecule has 0 amide bonds. The summed E-state index contributed by atoms with van der Waals surface area (Å²) < 4.78 is 5.29. The highest BCUT2D eigenvalue weighted by molar-refractivity contribution is 5.35. The maximum Gasteiger partial charge on any atom is 0.129 e. The van der Waals surface area contributed by atoms with Gasteiger partial charge in [-0.05, 0) is 19.8 Å². The molecule has 0 unspecified atom stereocenters. The average molecular weight is 223 g/mol. The molecule has 1 N–H and O–H groups in total. The lowest BCUT2D eigenvalue weighted by atomic mass is 10.1. The van der Waals surface area contributed by atoms with Gasteiger partial charge >= 0.3 is 0 Å². The van der Waals surface area contributed by atoms with E-state index in [1.807, 2.05) is 26.8 Å². The number of hydrogen-bond donors (Lipinski definition) is 1. The van der Waals surface area contributed by atoms with Crippen molar-refractivity contribution >= 4 is 5.82 Å². The zero-order valence-corrected chi connectivity index (χ0v) is 10.4. The summed E-state index contributed by atoms with van der Waals surface area (Å²) >= 11 is 0. The maximum absolute atomic E-state index is 5.29. The fourth-order valence-electron chi connectivity index (χ4n) is 1.58. The van der Waals surface area contributed by atoms with Crippen molar-refractivity contribution in [2.45, 2.75) is 39.7 Å². The highest BCUT2D eigenvalue weighted by Crippen LogP contribution is 2.12. The Hall–Kier alpha value is -1.16. The van der Waals surface area contributed by atoms with E-state index in [2.05, 4.69) is 15.3 Å². The van der Waals surface area contributed by atoms with Gasteiger partial charge in [0.1, 0.15) is 12.1 Å². The van der Waals surface area contributed by atoms with Crippen LogP contribution >= 0.6 is 0 Å². The van der Waals surface area contributed by atoms with Crippen LogP contribution in [0.25, 0.3) is 0 Å². The van der Waals surface area contributed by atoms with Crippen molar-refractivity contribution in [3.05, 3.63) is 18.1 Å². The SMILES string of the molecule is CC.Cc1cc(NC2CCOCC2)ncn1. The Morgan fingerprint density at radius 2 is 1.94 bits per heavy atom. The van der Waals surface area contributed by atoms with Crippen LogP contribution in [0.3, 0.4) is 0 Å². The third kappa shape index (κ3) is 4.14. The van der Waals surface area contributed by atoms with Crippen LogP contribution in [0, 0.1) is 6.92 Å². The van der Waals surface area contributed by atoms with Crippen molar-refractivity contribution < 1.29 is 4.74 Å². The van der Waals surface area contributed by atoms with E-state index in [9.17, 15) is 0 Å². The fraction of sp³-hybridized carbons (Fsp3) is 0.667. The monoisotopic (exact) mass is 223 g/mol. The minimum atomic E-state index is 0.498. The number of nitrogens with zero attached hydrogens (tertiary/aromatic N) is 2. The van der Waals surface area contributed by atoms with E-state index in [-0.39, 0.29) is 0 Å². The molecule has 1 aromatic heterocycles. The molecule has 0 spiro atoms. The third-order valence-electron chi connectivity index (χ3n) is 2.38. The molecule has 4 heteroatoms. The Kier molecular flexibility index (Phi) is 5.78. The normalized spacial score (nSPS) is 16.2. The van der Waals surface area contributed by atoms with E-state index in [0.29, 0.717) is 6.04 Å². The van der Waals surface area contributed by atoms with E-state index >= 15 is 0 Å². The van der Waals surface area contributed by atoms with Gasteiger partial charge in [0.2, 0.25) is 0 Å². The second-order valence-electron chi connectivity index (χ2n) is 3.58. The molecule has 0 atom stereocenters. The van der Waals surface area contributed by atoms with E-state index in [4.69, 9.17) is 4.74 Å². The molecule has 4 nitrogen and oxygen atoms in total. The van der Waals surface area contributed by atoms with Gasteiger partial charge in [0.25, 0.3) is 0 Å². The number of rotatable bonds is 2. The summed E-state index contributed by atoms with van der Waals surface area (Å²) in [6.45, 7) is 7.67. The molecule has 0 aliphatic carbocycles. The van der Waals surface area contributed by atoms with Crippen molar-refractivity contribution in [3.8, 4) is 0 Å². The van der Waals surface area contributed by atoms with Crippen LogP contribution in [0.4, 0.5) is 5.82 Å². The lowest BCUT2D eigenvalue weighted by Gasteiger charge is -2.23. The second kappa shape index (κ2) is 7.17. The Bertz CT molecular complexity index is 298. The number of hydrogen-bond acceptors (Lipinski definition) is 4. The summed E-state index contributed by atoms with van der Waals surface area (Å²) in [5, 5.41) is 3.39. The molecule has 0 saturated carbocycles. The first-order chi connectivity index (χ1) is 7.84. The van der Waals surface area contributed by atoms with Crippen LogP contribution in [-0.2, 0) is 4.74 Å². The zero-order chi connectivity index (χ0) is 11.8. The molecule has 0 radical (unpaired) electrons. The molecular weight excluding hydrogens is 202 g/mol. The first-order valence-corrected chi connectivity index (χ1v) is 5.97. The maximum atomic E-state index is 5.29. The summed E-state index contributed by atoms with van der Waals surface area (Å²) in [5.41, 5.74) is 0.995. The predicted octanol–water partition coefficient (Wildman–Crippen LogP) is 2.40. The predicted molar refractivity (Wildman–Crippen MR) is 65.6 cm³/mol. The van der Waals surface area contributed by atoms with Crippen molar-refractivity contribution in [2.24, 2.45) is 0 Å². The molecule has 16 heavy (non-hydrogen) atoms. The first kappa shape index (κ1) is 12.9. The van der Waals surface area contributed by atoms with Crippen LogP contribution in [0.5, 0.6) is 0 Å². The molecule has 0 bridgehead atoms. The van der Waals surface area contributed by atoms with Crippen LogP contribution in [0.15, 0.2) is 12.4 Å². The largest absolute Gasteiger partial charge is 0.381 e. The number of anilines is 1. The average Bonchev–Trinajstić information content (AvgIpc) is 2.33. The van der Waals surface area contributed by atoms with Crippen LogP contribution in [-0.4, -0.2) is 29.2 Å². The minimum Gasteiger partial charge on any atom is -0.381 e. The van der Waals surface area contributed by atoms with E-state index in [1.54, 1.807) is 6.33 Å². The van der Waals surface area contributed by atoms with Crippen LogP contribution in [0.1, 0.15) is 32.4 Å².